The van der Waals surface area contributed by atoms with Crippen molar-refractivity contribution < 1.29 is 24.2 Å². The predicted molar refractivity (Wildman–Crippen MR) is 103 cm³/mol. The van der Waals surface area contributed by atoms with Crippen LogP contribution in [0.4, 0.5) is 0 Å². The summed E-state index contributed by atoms with van der Waals surface area (Å²) in [5.41, 5.74) is 0.411. The molecule has 7 nitrogen and oxygen atoms in total. The zero-order valence-electron chi connectivity index (χ0n) is 16.7. The molecule has 1 aromatic carbocycles. The molecule has 2 fully saturated rings. The summed E-state index contributed by atoms with van der Waals surface area (Å²) in [5.74, 6) is -1.04. The van der Waals surface area contributed by atoms with E-state index in [4.69, 9.17) is 4.74 Å². The minimum atomic E-state index is -1.07. The molecule has 2 saturated heterocycles. The van der Waals surface area contributed by atoms with E-state index in [0.29, 0.717) is 37.9 Å². The molecule has 0 bridgehead atoms. The molecule has 152 valence electrons. The van der Waals surface area contributed by atoms with Gasteiger partial charge in [-0.2, -0.15) is 0 Å². The maximum Gasteiger partial charge on any atom is 0.328 e. The Morgan fingerprint density at radius 1 is 1.25 bits per heavy atom. The maximum absolute atomic E-state index is 13.3. The number of rotatable bonds is 4. The van der Waals surface area contributed by atoms with Gasteiger partial charge >= 0.3 is 5.97 Å². The highest BCUT2D eigenvalue weighted by atomic mass is 16.5. The van der Waals surface area contributed by atoms with E-state index in [0.717, 1.165) is 5.56 Å². The molecule has 1 aromatic rings. The molecule has 0 radical (unpaired) electrons. The van der Waals surface area contributed by atoms with Gasteiger partial charge in [-0.1, -0.05) is 31.5 Å². The fourth-order valence-electron chi connectivity index (χ4n) is 4.06. The number of carbonyl (C=O) groups is 3. The van der Waals surface area contributed by atoms with E-state index in [2.05, 4.69) is 0 Å². The van der Waals surface area contributed by atoms with Gasteiger partial charge < -0.3 is 14.7 Å². The summed E-state index contributed by atoms with van der Waals surface area (Å²) in [6.07, 6.45) is 1.31. The van der Waals surface area contributed by atoms with Crippen LogP contribution in [-0.2, 0) is 14.3 Å². The Balaban J connectivity index is 1.83. The lowest BCUT2D eigenvalue weighted by Crippen LogP contribution is -2.58. The van der Waals surface area contributed by atoms with Gasteiger partial charge in [-0.25, -0.2) is 4.79 Å². The van der Waals surface area contributed by atoms with Crippen LogP contribution in [0.1, 0.15) is 49.0 Å². The number of likely N-dealkylation sites (tertiary alicyclic amines) is 1. The first-order valence-electron chi connectivity index (χ1n) is 9.78. The van der Waals surface area contributed by atoms with Crippen LogP contribution in [0, 0.1) is 12.8 Å². The fraction of sp³-hybridized carbons (Fsp3) is 0.571. The van der Waals surface area contributed by atoms with Crippen molar-refractivity contribution in [3.05, 3.63) is 35.4 Å². The molecule has 2 heterocycles. The summed E-state index contributed by atoms with van der Waals surface area (Å²) in [5, 5.41) is 9.65. The van der Waals surface area contributed by atoms with E-state index in [1.807, 2.05) is 26.8 Å². The van der Waals surface area contributed by atoms with Crippen molar-refractivity contribution >= 4 is 17.8 Å². The molecule has 7 heteroatoms. The van der Waals surface area contributed by atoms with Crippen LogP contribution in [-0.4, -0.2) is 64.2 Å². The highest BCUT2D eigenvalue weighted by molar-refractivity contribution is 5.97. The molecule has 2 aliphatic heterocycles. The largest absolute Gasteiger partial charge is 0.480 e. The summed E-state index contributed by atoms with van der Waals surface area (Å²) in [4.78, 5) is 40.6. The number of piperidine rings is 1. The standard InChI is InChI=1S/C21H28N2O5/c1-14(2)11-18(24)22-9-7-21(8-10-22)23(17(13-28-21)20(26)27)19(25)16-6-4-5-15(3)12-16/h4-6,12,14,17H,7-11,13H2,1-3H3,(H,26,27)/t17-/m1/s1. The number of aliphatic carboxylic acids is 1. The predicted octanol–water partition coefficient (Wildman–Crippen LogP) is 2.29. The molecule has 2 aliphatic rings. The molecule has 3 rings (SSSR count). The fourth-order valence-corrected chi connectivity index (χ4v) is 4.06. The second kappa shape index (κ2) is 7.91. The Morgan fingerprint density at radius 2 is 1.93 bits per heavy atom. The van der Waals surface area contributed by atoms with Crippen LogP contribution in [0.25, 0.3) is 0 Å². The first kappa shape index (κ1) is 20.3. The quantitative estimate of drug-likeness (QED) is 0.855. The third kappa shape index (κ3) is 3.90. The minimum absolute atomic E-state index is 0.0349. The second-order valence-electron chi connectivity index (χ2n) is 8.13. The second-order valence-corrected chi connectivity index (χ2v) is 8.13. The van der Waals surface area contributed by atoms with Crippen molar-refractivity contribution in [1.82, 2.24) is 9.80 Å². The van der Waals surface area contributed by atoms with Gasteiger partial charge in [0, 0.05) is 37.9 Å². The van der Waals surface area contributed by atoms with E-state index in [1.54, 1.807) is 23.1 Å². The van der Waals surface area contributed by atoms with Crippen molar-refractivity contribution in [2.24, 2.45) is 5.92 Å². The Bertz CT molecular complexity index is 768. The Morgan fingerprint density at radius 3 is 2.50 bits per heavy atom. The lowest BCUT2D eigenvalue weighted by Gasteiger charge is -2.44. The highest BCUT2D eigenvalue weighted by Crippen LogP contribution is 2.38. The number of amides is 2. The van der Waals surface area contributed by atoms with Crippen LogP contribution in [0.15, 0.2) is 24.3 Å². The van der Waals surface area contributed by atoms with Gasteiger partial charge in [-0.05, 0) is 25.0 Å². The van der Waals surface area contributed by atoms with Gasteiger partial charge in [0.05, 0.1) is 6.61 Å². The lowest BCUT2D eigenvalue weighted by molar-refractivity contribution is -0.148. The molecule has 0 aromatic heterocycles. The molecular formula is C21H28N2O5. The summed E-state index contributed by atoms with van der Waals surface area (Å²) >= 11 is 0. The smallest absolute Gasteiger partial charge is 0.328 e. The first-order chi connectivity index (χ1) is 13.2. The average molecular weight is 388 g/mol. The van der Waals surface area contributed by atoms with Crippen LogP contribution >= 0.6 is 0 Å². The van der Waals surface area contributed by atoms with E-state index in [9.17, 15) is 19.5 Å². The third-order valence-corrected chi connectivity index (χ3v) is 5.51. The highest BCUT2D eigenvalue weighted by Gasteiger charge is 2.54. The summed E-state index contributed by atoms with van der Waals surface area (Å²) in [6, 6.07) is 6.11. The number of carboxylic acids is 1. The van der Waals surface area contributed by atoms with Gasteiger partial charge in [0.2, 0.25) is 5.91 Å². The van der Waals surface area contributed by atoms with Crippen molar-refractivity contribution in [1.29, 1.82) is 0 Å². The number of aryl methyl sites for hydroxylation is 1. The van der Waals surface area contributed by atoms with Gasteiger partial charge in [0.1, 0.15) is 5.72 Å². The van der Waals surface area contributed by atoms with Gasteiger partial charge in [-0.3, -0.25) is 14.5 Å². The van der Waals surface area contributed by atoms with Crippen molar-refractivity contribution in [3.63, 3.8) is 0 Å². The molecule has 0 aliphatic carbocycles. The molecule has 1 atom stereocenters. The number of hydrogen-bond donors (Lipinski definition) is 1. The maximum atomic E-state index is 13.3. The Labute approximate surface area is 165 Å². The van der Waals surface area contributed by atoms with Gasteiger partial charge in [-0.15, -0.1) is 0 Å². The van der Waals surface area contributed by atoms with Crippen LogP contribution < -0.4 is 0 Å². The Kier molecular flexibility index (Phi) is 5.74. The molecule has 0 unspecified atom stereocenters. The van der Waals surface area contributed by atoms with E-state index in [1.165, 1.54) is 4.90 Å². The van der Waals surface area contributed by atoms with E-state index < -0.39 is 17.7 Å². The Hall–Kier alpha value is -2.41. The SMILES string of the molecule is Cc1cccc(C(=O)N2[C@@H](C(=O)O)COC23CCN(C(=O)CC(C)C)CC3)c1. The number of carboxylic acid groups (broad SMARTS) is 1. The number of nitrogens with zero attached hydrogens (tertiary/aromatic N) is 2. The monoisotopic (exact) mass is 388 g/mol. The van der Waals surface area contributed by atoms with E-state index in [-0.39, 0.29) is 24.3 Å². The molecule has 1 spiro atoms. The average Bonchev–Trinajstić information content (AvgIpc) is 3.00. The molecule has 1 N–H and O–H groups in total. The topological polar surface area (TPSA) is 87.2 Å². The molecule has 2 amide bonds. The zero-order valence-corrected chi connectivity index (χ0v) is 16.7. The number of benzene rings is 1. The summed E-state index contributed by atoms with van der Waals surface area (Å²) < 4.78 is 5.94. The number of carbonyl (C=O) groups excluding carboxylic acids is 2. The van der Waals surface area contributed by atoms with Crippen LogP contribution in [0.5, 0.6) is 0 Å². The van der Waals surface area contributed by atoms with Crippen molar-refractivity contribution in [2.75, 3.05) is 19.7 Å². The van der Waals surface area contributed by atoms with Crippen LogP contribution in [0.2, 0.25) is 0 Å². The van der Waals surface area contributed by atoms with Gasteiger partial charge in [0.15, 0.2) is 6.04 Å². The summed E-state index contributed by atoms with van der Waals surface area (Å²) in [7, 11) is 0. The van der Waals surface area contributed by atoms with E-state index >= 15 is 0 Å². The lowest BCUT2D eigenvalue weighted by atomic mass is 9.96. The van der Waals surface area contributed by atoms with Crippen molar-refractivity contribution in [3.8, 4) is 0 Å². The van der Waals surface area contributed by atoms with Crippen LogP contribution in [0.3, 0.4) is 0 Å². The third-order valence-electron chi connectivity index (χ3n) is 5.51. The molecule has 0 saturated carbocycles. The molecular weight excluding hydrogens is 360 g/mol. The van der Waals surface area contributed by atoms with Crippen molar-refractivity contribution in [2.45, 2.75) is 51.8 Å². The number of ether oxygens (including phenoxy) is 1. The van der Waals surface area contributed by atoms with Gasteiger partial charge in [0.25, 0.3) is 5.91 Å². The zero-order chi connectivity index (χ0) is 20.5. The normalized spacial score (nSPS) is 21.4. The summed E-state index contributed by atoms with van der Waals surface area (Å²) in [6.45, 7) is 6.77. The number of hydrogen-bond acceptors (Lipinski definition) is 4. The first-order valence-corrected chi connectivity index (χ1v) is 9.78. The molecule has 28 heavy (non-hydrogen) atoms. The minimum Gasteiger partial charge on any atom is -0.480 e.